The van der Waals surface area contributed by atoms with E-state index in [2.05, 4.69) is 5.32 Å². The van der Waals surface area contributed by atoms with Gasteiger partial charge in [0.05, 0.1) is 12.8 Å². The highest BCUT2D eigenvalue weighted by Crippen LogP contribution is 2.28. The largest absolute Gasteiger partial charge is 0.504 e. The van der Waals surface area contributed by atoms with Crippen LogP contribution in [0, 0.1) is 0 Å². The van der Waals surface area contributed by atoms with E-state index in [4.69, 9.17) is 17.0 Å². The van der Waals surface area contributed by atoms with E-state index in [9.17, 15) is 14.7 Å². The predicted octanol–water partition coefficient (Wildman–Crippen LogP) is 2.23. The fourth-order valence-corrected chi connectivity index (χ4v) is 2.70. The van der Waals surface area contributed by atoms with Crippen molar-refractivity contribution in [1.82, 2.24) is 5.32 Å². The maximum atomic E-state index is 12.8. The molecular formula is C18H14N2O4S. The van der Waals surface area contributed by atoms with Crippen LogP contribution in [0.25, 0.3) is 6.08 Å². The summed E-state index contributed by atoms with van der Waals surface area (Å²) >= 11 is 5.13. The molecule has 0 radical (unpaired) electrons. The lowest BCUT2D eigenvalue weighted by atomic mass is 10.1. The van der Waals surface area contributed by atoms with Crippen LogP contribution in [0.3, 0.4) is 0 Å². The van der Waals surface area contributed by atoms with E-state index in [-0.39, 0.29) is 22.2 Å². The minimum Gasteiger partial charge on any atom is -0.504 e. The Morgan fingerprint density at radius 1 is 1.16 bits per heavy atom. The van der Waals surface area contributed by atoms with Gasteiger partial charge in [-0.25, -0.2) is 0 Å². The molecule has 1 aliphatic heterocycles. The summed E-state index contributed by atoms with van der Waals surface area (Å²) in [5.74, 6) is -0.883. The smallest absolute Gasteiger partial charge is 0.270 e. The van der Waals surface area contributed by atoms with Gasteiger partial charge in [-0.1, -0.05) is 24.3 Å². The first-order valence-corrected chi connectivity index (χ1v) is 7.75. The molecule has 0 aromatic heterocycles. The summed E-state index contributed by atoms with van der Waals surface area (Å²) in [5, 5.41) is 12.2. The van der Waals surface area contributed by atoms with Crippen LogP contribution in [0.5, 0.6) is 11.5 Å². The van der Waals surface area contributed by atoms with Gasteiger partial charge in [-0.05, 0) is 48.1 Å². The first kappa shape index (κ1) is 16.7. The van der Waals surface area contributed by atoms with Gasteiger partial charge < -0.3 is 9.84 Å². The number of hydrogen-bond donors (Lipinski definition) is 2. The van der Waals surface area contributed by atoms with Gasteiger partial charge in [0.25, 0.3) is 11.8 Å². The Morgan fingerprint density at radius 2 is 1.88 bits per heavy atom. The van der Waals surface area contributed by atoms with Crippen molar-refractivity contribution in [3.8, 4) is 11.5 Å². The van der Waals surface area contributed by atoms with Gasteiger partial charge in [-0.3, -0.25) is 19.8 Å². The monoisotopic (exact) mass is 354 g/mol. The number of phenolic OH excluding ortho intramolecular Hbond substituents is 1. The number of nitrogens with zero attached hydrogens (tertiary/aromatic N) is 1. The van der Waals surface area contributed by atoms with Crippen LogP contribution in [0.4, 0.5) is 5.69 Å². The summed E-state index contributed by atoms with van der Waals surface area (Å²) in [4.78, 5) is 26.3. The van der Waals surface area contributed by atoms with Crippen molar-refractivity contribution in [3.63, 3.8) is 0 Å². The minimum atomic E-state index is -0.575. The second-order valence-corrected chi connectivity index (χ2v) is 5.61. The van der Waals surface area contributed by atoms with Gasteiger partial charge in [0.15, 0.2) is 16.6 Å². The number of carbonyl (C=O) groups excluding carboxylic acids is 2. The fraction of sp³-hybridized carbons (Fsp3) is 0.0556. The summed E-state index contributed by atoms with van der Waals surface area (Å²) in [6, 6.07) is 13.3. The van der Waals surface area contributed by atoms with E-state index < -0.39 is 11.8 Å². The van der Waals surface area contributed by atoms with E-state index in [1.54, 1.807) is 30.3 Å². The summed E-state index contributed by atoms with van der Waals surface area (Å²) in [7, 11) is 1.42. The van der Waals surface area contributed by atoms with Crippen LogP contribution in [0.1, 0.15) is 5.56 Å². The standard InChI is InChI=1S/C18H14N2O4S/c1-24-15-10-11(7-8-14(15)21)9-13-16(22)19-18(25)20(17(13)23)12-5-3-2-4-6-12/h2-10,21H,1H3,(H,19,22,25)/b13-9-. The maximum absolute atomic E-state index is 12.8. The molecule has 2 N–H and O–H groups in total. The minimum absolute atomic E-state index is 0.0293. The van der Waals surface area contributed by atoms with Crippen molar-refractivity contribution < 1.29 is 19.4 Å². The molecular weight excluding hydrogens is 340 g/mol. The third kappa shape index (κ3) is 3.22. The average Bonchev–Trinajstić information content (AvgIpc) is 2.60. The van der Waals surface area contributed by atoms with Crippen molar-refractivity contribution >= 4 is 40.9 Å². The van der Waals surface area contributed by atoms with Gasteiger partial charge >= 0.3 is 0 Å². The molecule has 1 saturated heterocycles. The molecule has 0 atom stereocenters. The van der Waals surface area contributed by atoms with Crippen LogP contribution < -0.4 is 15.0 Å². The van der Waals surface area contributed by atoms with Gasteiger partial charge in [0.1, 0.15) is 5.57 Å². The molecule has 0 bridgehead atoms. The molecule has 25 heavy (non-hydrogen) atoms. The lowest BCUT2D eigenvalue weighted by Gasteiger charge is -2.28. The second kappa shape index (κ2) is 6.74. The third-order valence-electron chi connectivity index (χ3n) is 3.63. The summed E-state index contributed by atoms with van der Waals surface area (Å²) < 4.78 is 5.04. The van der Waals surface area contributed by atoms with E-state index >= 15 is 0 Å². The Labute approximate surface area is 149 Å². The van der Waals surface area contributed by atoms with Crippen molar-refractivity contribution in [1.29, 1.82) is 0 Å². The van der Waals surface area contributed by atoms with Crippen molar-refractivity contribution in [3.05, 3.63) is 59.7 Å². The number of para-hydroxylation sites is 1. The van der Waals surface area contributed by atoms with E-state index in [0.717, 1.165) is 0 Å². The molecule has 1 aliphatic rings. The Bertz CT molecular complexity index is 893. The van der Waals surface area contributed by atoms with Gasteiger partial charge in [-0.15, -0.1) is 0 Å². The first-order valence-electron chi connectivity index (χ1n) is 7.35. The number of hydrogen-bond acceptors (Lipinski definition) is 5. The number of ether oxygens (including phenoxy) is 1. The van der Waals surface area contributed by atoms with Crippen molar-refractivity contribution in [2.45, 2.75) is 0 Å². The SMILES string of the molecule is COc1cc(/C=C2/C(=O)NC(=S)N(c3ccccc3)C2=O)ccc1O. The van der Waals surface area contributed by atoms with Crippen LogP contribution in [-0.4, -0.2) is 29.1 Å². The number of anilines is 1. The topological polar surface area (TPSA) is 78.9 Å². The highest BCUT2D eigenvalue weighted by atomic mass is 32.1. The molecule has 0 spiro atoms. The highest BCUT2D eigenvalue weighted by Gasteiger charge is 2.34. The maximum Gasteiger partial charge on any atom is 0.270 e. The van der Waals surface area contributed by atoms with Crippen LogP contribution in [0.15, 0.2) is 54.1 Å². The van der Waals surface area contributed by atoms with Crippen LogP contribution >= 0.6 is 12.2 Å². The van der Waals surface area contributed by atoms with Gasteiger partial charge in [0.2, 0.25) is 0 Å². The molecule has 2 aromatic rings. The van der Waals surface area contributed by atoms with Gasteiger partial charge in [-0.2, -0.15) is 0 Å². The summed E-state index contributed by atoms with van der Waals surface area (Å²) in [6.07, 6.45) is 1.43. The van der Waals surface area contributed by atoms with Crippen LogP contribution in [0.2, 0.25) is 0 Å². The average molecular weight is 354 g/mol. The zero-order chi connectivity index (χ0) is 18.0. The van der Waals surface area contributed by atoms with Crippen molar-refractivity contribution in [2.24, 2.45) is 0 Å². The number of amides is 2. The molecule has 0 saturated carbocycles. The van der Waals surface area contributed by atoms with Gasteiger partial charge in [0, 0.05) is 0 Å². The summed E-state index contributed by atoms with van der Waals surface area (Å²) in [5.41, 5.74) is 1.03. The Morgan fingerprint density at radius 3 is 2.56 bits per heavy atom. The molecule has 0 unspecified atom stereocenters. The highest BCUT2D eigenvalue weighted by molar-refractivity contribution is 7.80. The molecule has 7 heteroatoms. The predicted molar refractivity (Wildman–Crippen MR) is 97.3 cm³/mol. The number of rotatable bonds is 3. The third-order valence-corrected chi connectivity index (χ3v) is 3.92. The molecule has 3 rings (SSSR count). The number of methoxy groups -OCH3 is 1. The number of aromatic hydroxyl groups is 1. The molecule has 6 nitrogen and oxygen atoms in total. The lowest BCUT2D eigenvalue weighted by molar-refractivity contribution is -0.122. The molecule has 1 heterocycles. The molecule has 0 aliphatic carbocycles. The van der Waals surface area contributed by atoms with E-state index in [0.29, 0.717) is 11.3 Å². The molecule has 2 aromatic carbocycles. The quantitative estimate of drug-likeness (QED) is 0.502. The zero-order valence-corrected chi connectivity index (χ0v) is 14.0. The fourth-order valence-electron chi connectivity index (χ4n) is 2.42. The van der Waals surface area contributed by atoms with Crippen LogP contribution in [-0.2, 0) is 9.59 Å². The number of carbonyl (C=O) groups is 2. The molecule has 2 amide bonds. The van der Waals surface area contributed by atoms with E-state index in [1.165, 1.54) is 30.2 Å². The lowest BCUT2D eigenvalue weighted by Crippen LogP contribution is -2.54. The molecule has 1 fully saturated rings. The van der Waals surface area contributed by atoms with Crippen molar-refractivity contribution in [2.75, 3.05) is 12.0 Å². The normalized spacial score (nSPS) is 16.1. The molecule has 126 valence electrons. The van der Waals surface area contributed by atoms with E-state index in [1.807, 2.05) is 6.07 Å². The summed E-state index contributed by atoms with van der Waals surface area (Å²) in [6.45, 7) is 0. The Hall–Kier alpha value is -3.19. The Kier molecular flexibility index (Phi) is 4.49. The number of phenols is 1. The first-order chi connectivity index (χ1) is 12.0. The number of benzene rings is 2. The Balaban J connectivity index is 2.02. The number of nitrogens with one attached hydrogen (secondary N) is 1. The zero-order valence-electron chi connectivity index (χ0n) is 13.2. The second-order valence-electron chi connectivity index (χ2n) is 5.22. The number of thiocarbonyl (C=S) groups is 1.